The van der Waals surface area contributed by atoms with Gasteiger partial charge in [-0.1, -0.05) is 18.6 Å². The number of halogens is 1. The normalized spacial score (nSPS) is 11.6. The summed E-state index contributed by atoms with van der Waals surface area (Å²) < 4.78 is 13.5. The summed E-state index contributed by atoms with van der Waals surface area (Å²) in [5.41, 5.74) is 3.83. The van der Waals surface area contributed by atoms with Crippen LogP contribution in [0, 0.1) is 12.7 Å². The topological polar surface area (TPSA) is 50.4 Å². The molecule has 0 atom stereocenters. The van der Waals surface area contributed by atoms with Crippen LogP contribution >= 0.6 is 0 Å². The van der Waals surface area contributed by atoms with Crippen molar-refractivity contribution in [3.63, 3.8) is 0 Å². The van der Waals surface area contributed by atoms with Crippen molar-refractivity contribution in [2.45, 2.75) is 20.3 Å². The monoisotopic (exact) mass is 209 g/mol. The maximum atomic E-state index is 13.5. The van der Waals surface area contributed by atoms with Gasteiger partial charge >= 0.3 is 0 Å². The van der Waals surface area contributed by atoms with Crippen LogP contribution in [-0.4, -0.2) is 12.4 Å². The predicted molar refractivity (Wildman–Crippen MR) is 60.2 cm³/mol. The highest BCUT2D eigenvalue weighted by atomic mass is 19.1. The highest BCUT2D eigenvalue weighted by Crippen LogP contribution is 2.10. The van der Waals surface area contributed by atoms with Crippen molar-refractivity contribution in [1.82, 2.24) is 5.43 Å². The van der Waals surface area contributed by atoms with Gasteiger partial charge in [0.2, 0.25) is 0 Å². The molecule has 0 heterocycles. The SMILES string of the molecule is CCCN=C(NN)c1cc(C)ccc1F. The number of hydrogen-bond donors (Lipinski definition) is 2. The van der Waals surface area contributed by atoms with Crippen molar-refractivity contribution in [1.29, 1.82) is 0 Å². The molecule has 0 radical (unpaired) electrons. The molecule has 0 aliphatic heterocycles. The lowest BCUT2D eigenvalue weighted by Gasteiger charge is -2.07. The van der Waals surface area contributed by atoms with Crippen LogP contribution in [0.1, 0.15) is 24.5 Å². The van der Waals surface area contributed by atoms with Gasteiger partial charge in [-0.2, -0.15) is 0 Å². The van der Waals surface area contributed by atoms with Gasteiger partial charge in [0.1, 0.15) is 11.7 Å². The summed E-state index contributed by atoms with van der Waals surface area (Å²) in [5.74, 6) is 5.41. The van der Waals surface area contributed by atoms with Crippen LogP contribution in [0.15, 0.2) is 23.2 Å². The number of hydrogen-bond acceptors (Lipinski definition) is 2. The molecule has 82 valence electrons. The number of nitrogens with zero attached hydrogens (tertiary/aromatic N) is 1. The Morgan fingerprint density at radius 2 is 2.27 bits per heavy atom. The minimum Gasteiger partial charge on any atom is -0.308 e. The first-order valence-electron chi connectivity index (χ1n) is 4.96. The Bertz CT molecular complexity index is 361. The van der Waals surface area contributed by atoms with Gasteiger partial charge in [0.25, 0.3) is 0 Å². The van der Waals surface area contributed by atoms with E-state index in [4.69, 9.17) is 5.84 Å². The fourth-order valence-electron chi connectivity index (χ4n) is 1.25. The number of benzene rings is 1. The lowest BCUT2D eigenvalue weighted by atomic mass is 10.1. The van der Waals surface area contributed by atoms with E-state index in [1.54, 1.807) is 12.1 Å². The van der Waals surface area contributed by atoms with Crippen molar-refractivity contribution < 1.29 is 4.39 Å². The zero-order valence-electron chi connectivity index (χ0n) is 9.05. The van der Waals surface area contributed by atoms with Gasteiger partial charge in [-0.25, -0.2) is 10.2 Å². The second-order valence-corrected chi connectivity index (χ2v) is 3.36. The third-order valence-electron chi connectivity index (χ3n) is 2.01. The molecule has 1 aromatic rings. The van der Waals surface area contributed by atoms with Crippen LogP contribution in [-0.2, 0) is 0 Å². The molecule has 0 amide bonds. The number of aryl methyl sites for hydroxylation is 1. The maximum Gasteiger partial charge on any atom is 0.145 e. The van der Waals surface area contributed by atoms with Gasteiger partial charge in [-0.05, 0) is 25.5 Å². The number of rotatable bonds is 3. The van der Waals surface area contributed by atoms with Crippen LogP contribution in [0.25, 0.3) is 0 Å². The predicted octanol–water partition coefficient (Wildman–Crippen LogP) is 1.75. The molecule has 15 heavy (non-hydrogen) atoms. The van der Waals surface area contributed by atoms with Crippen LogP contribution in [0.4, 0.5) is 4.39 Å². The van der Waals surface area contributed by atoms with Crippen molar-refractivity contribution in [3.8, 4) is 0 Å². The second kappa shape index (κ2) is 5.46. The summed E-state index contributed by atoms with van der Waals surface area (Å²) in [6.45, 7) is 4.54. The molecular formula is C11H16FN3. The molecular weight excluding hydrogens is 193 g/mol. The molecule has 0 aromatic heterocycles. The summed E-state index contributed by atoms with van der Waals surface area (Å²) in [4.78, 5) is 4.17. The first-order valence-corrected chi connectivity index (χ1v) is 4.96. The second-order valence-electron chi connectivity index (χ2n) is 3.36. The van der Waals surface area contributed by atoms with Crippen molar-refractivity contribution in [2.24, 2.45) is 10.8 Å². The van der Waals surface area contributed by atoms with Crippen LogP contribution in [0.2, 0.25) is 0 Å². The fraction of sp³-hybridized carbons (Fsp3) is 0.364. The minimum atomic E-state index is -0.312. The number of nitrogens with two attached hydrogens (primary N) is 1. The van der Waals surface area contributed by atoms with Crippen molar-refractivity contribution >= 4 is 5.84 Å². The van der Waals surface area contributed by atoms with Gasteiger partial charge in [0.05, 0.1) is 5.56 Å². The summed E-state index contributed by atoms with van der Waals surface area (Å²) in [7, 11) is 0. The molecule has 0 saturated heterocycles. The molecule has 0 unspecified atom stereocenters. The molecule has 0 spiro atoms. The smallest absolute Gasteiger partial charge is 0.145 e. The van der Waals surface area contributed by atoms with Gasteiger partial charge in [-0.15, -0.1) is 0 Å². The Labute approximate surface area is 89.2 Å². The Morgan fingerprint density at radius 1 is 1.53 bits per heavy atom. The van der Waals surface area contributed by atoms with E-state index < -0.39 is 0 Å². The van der Waals surface area contributed by atoms with E-state index >= 15 is 0 Å². The quantitative estimate of drug-likeness (QED) is 0.345. The summed E-state index contributed by atoms with van der Waals surface area (Å²) >= 11 is 0. The zero-order chi connectivity index (χ0) is 11.3. The first kappa shape index (κ1) is 11.7. The van der Waals surface area contributed by atoms with Gasteiger partial charge < -0.3 is 5.43 Å². The van der Waals surface area contributed by atoms with Gasteiger partial charge in [-0.3, -0.25) is 4.99 Å². The Hall–Kier alpha value is -1.42. The van der Waals surface area contributed by atoms with Crippen molar-refractivity contribution in [3.05, 3.63) is 35.1 Å². The third kappa shape index (κ3) is 3.02. The van der Waals surface area contributed by atoms with E-state index in [1.807, 2.05) is 13.8 Å². The molecule has 0 saturated carbocycles. The number of aliphatic imine (C=N–C) groups is 1. The molecule has 3 nitrogen and oxygen atoms in total. The van der Waals surface area contributed by atoms with Crippen LogP contribution in [0.3, 0.4) is 0 Å². The third-order valence-corrected chi connectivity index (χ3v) is 2.01. The standard InChI is InChI=1S/C11H16FN3/c1-3-6-14-11(15-13)9-7-8(2)4-5-10(9)12/h4-5,7H,3,6,13H2,1-2H3,(H,14,15). The van der Waals surface area contributed by atoms with E-state index in [2.05, 4.69) is 10.4 Å². The van der Waals surface area contributed by atoms with Crippen LogP contribution < -0.4 is 11.3 Å². The summed E-state index contributed by atoms with van der Waals surface area (Å²) in [6.07, 6.45) is 0.901. The fourth-order valence-corrected chi connectivity index (χ4v) is 1.25. The van der Waals surface area contributed by atoms with E-state index in [1.165, 1.54) is 6.07 Å². The highest BCUT2D eigenvalue weighted by Gasteiger charge is 2.07. The Kier molecular flexibility index (Phi) is 4.24. The van der Waals surface area contributed by atoms with Crippen molar-refractivity contribution in [2.75, 3.05) is 6.54 Å². The van der Waals surface area contributed by atoms with E-state index in [9.17, 15) is 4.39 Å². The number of hydrazine groups is 1. The average Bonchev–Trinajstić information content (AvgIpc) is 2.24. The molecule has 4 heteroatoms. The van der Waals surface area contributed by atoms with E-state index in [0.717, 1.165) is 12.0 Å². The average molecular weight is 209 g/mol. The van der Waals surface area contributed by atoms with Crippen LogP contribution in [0.5, 0.6) is 0 Å². The lowest BCUT2D eigenvalue weighted by molar-refractivity contribution is 0.623. The number of nitrogens with one attached hydrogen (secondary N) is 1. The van der Waals surface area contributed by atoms with Gasteiger partial charge in [0, 0.05) is 6.54 Å². The van der Waals surface area contributed by atoms with Gasteiger partial charge in [0.15, 0.2) is 0 Å². The number of amidine groups is 1. The molecule has 3 N–H and O–H groups in total. The Balaban J connectivity index is 3.05. The zero-order valence-corrected chi connectivity index (χ0v) is 9.05. The molecule has 0 aliphatic carbocycles. The van der Waals surface area contributed by atoms with E-state index in [-0.39, 0.29) is 5.82 Å². The first-order chi connectivity index (χ1) is 7.19. The maximum absolute atomic E-state index is 13.5. The van der Waals surface area contributed by atoms with E-state index in [0.29, 0.717) is 17.9 Å². The highest BCUT2D eigenvalue weighted by molar-refractivity contribution is 5.98. The largest absolute Gasteiger partial charge is 0.308 e. The molecule has 0 bridgehead atoms. The molecule has 0 fully saturated rings. The Morgan fingerprint density at radius 3 is 2.87 bits per heavy atom. The molecule has 0 aliphatic rings. The summed E-state index contributed by atoms with van der Waals surface area (Å²) in [5, 5.41) is 0. The molecule has 1 rings (SSSR count). The molecule has 1 aromatic carbocycles. The minimum absolute atomic E-state index is 0.312. The lowest BCUT2D eigenvalue weighted by Crippen LogP contribution is -2.32. The summed E-state index contributed by atoms with van der Waals surface area (Å²) in [6, 6.07) is 4.86.